The number of carbonyl (C=O) groups excluding carboxylic acids is 3. The largest absolute Gasteiger partial charge is 0.327 e. The van der Waals surface area contributed by atoms with Gasteiger partial charge in [-0.1, -0.05) is 18.2 Å². The number of amides is 4. The van der Waals surface area contributed by atoms with Crippen LogP contribution in [0.5, 0.6) is 0 Å². The van der Waals surface area contributed by atoms with Gasteiger partial charge in [-0.3, -0.25) is 14.5 Å². The second-order valence-corrected chi connectivity index (χ2v) is 6.34. The summed E-state index contributed by atoms with van der Waals surface area (Å²) in [7, 11) is 0. The Kier molecular flexibility index (Phi) is 3.32. The minimum atomic E-state index is -0.344. The highest BCUT2D eigenvalue weighted by Crippen LogP contribution is 2.29. The topological polar surface area (TPSA) is 60.9 Å². The van der Waals surface area contributed by atoms with Crippen molar-refractivity contribution in [1.29, 1.82) is 0 Å². The van der Waals surface area contributed by atoms with E-state index in [4.69, 9.17) is 0 Å². The standard InChI is InChI=1S/C17H19N3O3/c21-15(18-9-3-6-12-5-1-2-7-13(12)18)11-20-16(22)14-8-4-10-19(14)17(20)23/h1-2,5,7,14H,3-4,6,8-11H2/t14-/m0/s1. The lowest BCUT2D eigenvalue weighted by molar-refractivity contribution is -0.131. The summed E-state index contributed by atoms with van der Waals surface area (Å²) in [4.78, 5) is 41.8. The molecule has 2 fully saturated rings. The molecule has 0 saturated carbocycles. The minimum Gasteiger partial charge on any atom is -0.312 e. The fourth-order valence-electron chi connectivity index (χ4n) is 3.84. The van der Waals surface area contributed by atoms with Crippen molar-refractivity contribution >= 4 is 23.5 Å². The molecule has 0 aliphatic carbocycles. The lowest BCUT2D eigenvalue weighted by Crippen LogP contribution is -2.45. The van der Waals surface area contributed by atoms with Gasteiger partial charge in [0, 0.05) is 18.8 Å². The van der Waals surface area contributed by atoms with Gasteiger partial charge in [0.2, 0.25) is 5.91 Å². The number of anilines is 1. The van der Waals surface area contributed by atoms with E-state index in [-0.39, 0.29) is 30.4 Å². The van der Waals surface area contributed by atoms with Crippen LogP contribution in [0.4, 0.5) is 10.5 Å². The Bertz CT molecular complexity index is 665. The molecule has 0 aromatic heterocycles. The molecule has 0 radical (unpaired) electrons. The van der Waals surface area contributed by atoms with Gasteiger partial charge < -0.3 is 9.80 Å². The smallest absolute Gasteiger partial charge is 0.312 e. The van der Waals surface area contributed by atoms with Gasteiger partial charge in [-0.2, -0.15) is 0 Å². The van der Waals surface area contributed by atoms with Gasteiger partial charge in [0.15, 0.2) is 0 Å². The van der Waals surface area contributed by atoms with Crippen molar-refractivity contribution in [1.82, 2.24) is 9.80 Å². The monoisotopic (exact) mass is 313 g/mol. The molecule has 1 aromatic carbocycles. The normalized spacial score (nSPS) is 23.3. The van der Waals surface area contributed by atoms with E-state index in [1.54, 1.807) is 9.80 Å². The van der Waals surface area contributed by atoms with Crippen molar-refractivity contribution in [3.8, 4) is 0 Å². The molecule has 3 heterocycles. The van der Waals surface area contributed by atoms with Crippen molar-refractivity contribution in [2.75, 3.05) is 24.5 Å². The Labute approximate surface area is 134 Å². The third kappa shape index (κ3) is 2.20. The Balaban J connectivity index is 1.53. The van der Waals surface area contributed by atoms with Crippen molar-refractivity contribution in [3.63, 3.8) is 0 Å². The van der Waals surface area contributed by atoms with Crippen molar-refractivity contribution in [2.45, 2.75) is 31.7 Å². The maximum atomic E-state index is 12.7. The number of benzene rings is 1. The van der Waals surface area contributed by atoms with Gasteiger partial charge in [-0.25, -0.2) is 4.79 Å². The first-order chi connectivity index (χ1) is 11.2. The van der Waals surface area contributed by atoms with Gasteiger partial charge in [-0.15, -0.1) is 0 Å². The highest BCUT2D eigenvalue weighted by atomic mass is 16.2. The zero-order valence-corrected chi connectivity index (χ0v) is 12.9. The Morgan fingerprint density at radius 3 is 2.78 bits per heavy atom. The molecule has 4 rings (SSSR count). The number of aryl methyl sites for hydroxylation is 1. The summed E-state index contributed by atoms with van der Waals surface area (Å²) >= 11 is 0. The van der Waals surface area contributed by atoms with E-state index in [1.807, 2.05) is 24.3 Å². The summed E-state index contributed by atoms with van der Waals surface area (Å²) in [5, 5.41) is 0. The molecule has 6 nitrogen and oxygen atoms in total. The summed E-state index contributed by atoms with van der Waals surface area (Å²) in [5.41, 5.74) is 2.05. The van der Waals surface area contributed by atoms with Crippen LogP contribution in [0.3, 0.4) is 0 Å². The number of hydrogen-bond donors (Lipinski definition) is 0. The maximum Gasteiger partial charge on any atom is 0.327 e. The van der Waals surface area contributed by atoms with Crippen LogP contribution in [0.1, 0.15) is 24.8 Å². The molecule has 0 N–H and O–H groups in total. The van der Waals surface area contributed by atoms with Gasteiger partial charge in [0.05, 0.1) is 0 Å². The van der Waals surface area contributed by atoms with Gasteiger partial charge in [0.1, 0.15) is 12.6 Å². The van der Waals surface area contributed by atoms with E-state index in [2.05, 4.69) is 0 Å². The third-order valence-electron chi connectivity index (χ3n) is 4.99. The Hall–Kier alpha value is -2.37. The summed E-state index contributed by atoms with van der Waals surface area (Å²) in [6.07, 6.45) is 3.43. The first-order valence-electron chi connectivity index (χ1n) is 8.17. The maximum absolute atomic E-state index is 12.7. The molecule has 2 saturated heterocycles. The van der Waals surface area contributed by atoms with E-state index < -0.39 is 0 Å². The molecule has 0 spiro atoms. The molecule has 0 unspecified atom stereocenters. The molecule has 3 aliphatic heterocycles. The zero-order valence-electron chi connectivity index (χ0n) is 12.9. The van der Waals surface area contributed by atoms with Crippen molar-refractivity contribution in [3.05, 3.63) is 29.8 Å². The molecule has 23 heavy (non-hydrogen) atoms. The van der Waals surface area contributed by atoms with E-state index in [9.17, 15) is 14.4 Å². The number of carbonyl (C=O) groups is 3. The predicted octanol–water partition coefficient (Wildman–Crippen LogP) is 1.39. The average molecular weight is 313 g/mol. The number of imide groups is 1. The summed E-state index contributed by atoms with van der Waals surface area (Å²) in [6.45, 7) is 1.10. The van der Waals surface area contributed by atoms with Gasteiger partial charge in [0.25, 0.3) is 5.91 Å². The fraction of sp³-hybridized carbons (Fsp3) is 0.471. The van der Waals surface area contributed by atoms with Crippen molar-refractivity contribution < 1.29 is 14.4 Å². The first-order valence-corrected chi connectivity index (χ1v) is 8.17. The number of nitrogens with zero attached hydrogens (tertiary/aromatic N) is 3. The third-order valence-corrected chi connectivity index (χ3v) is 4.99. The molecule has 1 aromatic rings. The Morgan fingerprint density at radius 1 is 1.13 bits per heavy atom. The lowest BCUT2D eigenvalue weighted by Gasteiger charge is -2.30. The first kappa shape index (κ1) is 14.2. The Morgan fingerprint density at radius 2 is 1.96 bits per heavy atom. The summed E-state index contributed by atoms with van der Waals surface area (Å²) < 4.78 is 0. The molecule has 1 atom stereocenters. The summed E-state index contributed by atoms with van der Waals surface area (Å²) in [6, 6.07) is 7.18. The summed E-state index contributed by atoms with van der Waals surface area (Å²) in [5.74, 6) is -0.397. The van der Waals surface area contributed by atoms with E-state index in [0.717, 1.165) is 35.4 Å². The second-order valence-electron chi connectivity index (χ2n) is 6.34. The molecule has 120 valence electrons. The van der Waals surface area contributed by atoms with Gasteiger partial charge >= 0.3 is 6.03 Å². The second kappa shape index (κ2) is 5.37. The molecule has 4 amide bonds. The van der Waals surface area contributed by atoms with Gasteiger partial charge in [-0.05, 0) is 37.3 Å². The predicted molar refractivity (Wildman–Crippen MR) is 84.0 cm³/mol. The lowest BCUT2D eigenvalue weighted by atomic mass is 10.0. The van der Waals surface area contributed by atoms with Crippen molar-refractivity contribution in [2.24, 2.45) is 0 Å². The molecule has 6 heteroatoms. The molecule has 0 bridgehead atoms. The van der Waals surface area contributed by atoms with Crippen LogP contribution in [-0.2, 0) is 16.0 Å². The zero-order chi connectivity index (χ0) is 16.0. The van der Waals surface area contributed by atoms with E-state index in [1.165, 1.54) is 0 Å². The van der Waals surface area contributed by atoms with Crippen LogP contribution in [-0.4, -0.2) is 53.3 Å². The van der Waals surface area contributed by atoms with Crippen LogP contribution in [0.15, 0.2) is 24.3 Å². The number of fused-ring (bicyclic) bond motifs is 2. The molecular formula is C17H19N3O3. The number of urea groups is 1. The highest BCUT2D eigenvalue weighted by molar-refractivity contribution is 6.08. The van der Waals surface area contributed by atoms with Crippen LogP contribution in [0, 0.1) is 0 Å². The fourth-order valence-corrected chi connectivity index (χ4v) is 3.84. The molecule has 3 aliphatic rings. The highest BCUT2D eigenvalue weighted by Gasteiger charge is 2.48. The minimum absolute atomic E-state index is 0.154. The van der Waals surface area contributed by atoms with Crippen LogP contribution >= 0.6 is 0 Å². The SMILES string of the molecule is O=C1[C@@H]2CCCN2C(=O)N1CC(=O)N1CCCc2ccccc21. The van der Waals surface area contributed by atoms with Crippen LogP contribution in [0.25, 0.3) is 0 Å². The van der Waals surface area contributed by atoms with Crippen LogP contribution in [0.2, 0.25) is 0 Å². The molecular weight excluding hydrogens is 294 g/mol. The number of rotatable bonds is 2. The number of para-hydroxylation sites is 1. The number of hydrogen-bond acceptors (Lipinski definition) is 3. The average Bonchev–Trinajstić information content (AvgIpc) is 3.14. The van der Waals surface area contributed by atoms with E-state index in [0.29, 0.717) is 19.5 Å². The quantitative estimate of drug-likeness (QED) is 0.775. The van der Waals surface area contributed by atoms with E-state index >= 15 is 0 Å². The van der Waals surface area contributed by atoms with Crippen LogP contribution < -0.4 is 4.90 Å².